The Morgan fingerprint density at radius 2 is 1.88 bits per heavy atom. The number of hydrogen-bond acceptors (Lipinski definition) is 6. The van der Waals surface area contributed by atoms with Crippen molar-refractivity contribution in [2.75, 3.05) is 59.1 Å². The van der Waals surface area contributed by atoms with Gasteiger partial charge in [-0.1, -0.05) is 0 Å². The number of amides is 2. The third-order valence-electron chi connectivity index (χ3n) is 4.52. The first-order valence-corrected chi connectivity index (χ1v) is 8.40. The Morgan fingerprint density at radius 3 is 2.60 bits per heavy atom. The van der Waals surface area contributed by atoms with Crippen LogP contribution in [0, 0.1) is 0 Å². The number of ether oxygens (including phenoxy) is 4. The van der Waals surface area contributed by atoms with Crippen molar-refractivity contribution in [1.82, 2.24) is 10.2 Å². The fourth-order valence-electron chi connectivity index (χ4n) is 3.20. The van der Waals surface area contributed by atoms with E-state index < -0.39 is 0 Å². The predicted molar refractivity (Wildman–Crippen MR) is 92.5 cm³/mol. The van der Waals surface area contributed by atoms with E-state index in [-0.39, 0.29) is 18.1 Å². The van der Waals surface area contributed by atoms with Gasteiger partial charge in [-0.15, -0.1) is 0 Å². The van der Waals surface area contributed by atoms with Crippen LogP contribution in [0.4, 0.5) is 10.5 Å². The average molecular weight is 351 g/mol. The van der Waals surface area contributed by atoms with Gasteiger partial charge >= 0.3 is 6.03 Å². The van der Waals surface area contributed by atoms with Crippen LogP contribution in [0.25, 0.3) is 0 Å². The van der Waals surface area contributed by atoms with Gasteiger partial charge in [-0.3, -0.25) is 4.90 Å². The lowest BCUT2D eigenvalue weighted by Gasteiger charge is -2.34. The highest BCUT2D eigenvalue weighted by Gasteiger charge is 2.34. The van der Waals surface area contributed by atoms with Gasteiger partial charge in [0.1, 0.15) is 0 Å². The van der Waals surface area contributed by atoms with Crippen LogP contribution in [0.3, 0.4) is 0 Å². The molecule has 1 aromatic carbocycles. The zero-order valence-corrected chi connectivity index (χ0v) is 14.6. The molecule has 2 amide bonds. The maximum Gasteiger partial charge on any atom is 0.319 e. The highest BCUT2D eigenvalue weighted by Crippen LogP contribution is 2.29. The van der Waals surface area contributed by atoms with Crippen LogP contribution in [-0.4, -0.2) is 76.8 Å². The minimum absolute atomic E-state index is 0.0433. The van der Waals surface area contributed by atoms with E-state index in [0.29, 0.717) is 30.4 Å². The molecule has 2 heterocycles. The molecule has 8 nitrogen and oxygen atoms in total. The standard InChI is InChI=1S/C17H25N3O5/c1-22-15-4-3-12(9-16(15)23-2)18-17(21)19-13-10-25-11-14(13)20-5-7-24-8-6-20/h3-4,9,13-14H,5-8,10-11H2,1-2H3,(H2,18,19,21). The van der Waals surface area contributed by atoms with Crippen molar-refractivity contribution in [2.24, 2.45) is 0 Å². The lowest BCUT2D eigenvalue weighted by atomic mass is 10.1. The van der Waals surface area contributed by atoms with Crippen molar-refractivity contribution in [3.8, 4) is 11.5 Å². The minimum Gasteiger partial charge on any atom is -0.493 e. The van der Waals surface area contributed by atoms with Crippen LogP contribution in [0.15, 0.2) is 18.2 Å². The molecule has 0 aromatic heterocycles. The van der Waals surface area contributed by atoms with Crippen LogP contribution in [0.5, 0.6) is 11.5 Å². The molecule has 2 fully saturated rings. The molecule has 2 unspecified atom stereocenters. The number of anilines is 1. The summed E-state index contributed by atoms with van der Waals surface area (Å²) in [6.45, 7) is 4.32. The van der Waals surface area contributed by atoms with Gasteiger partial charge in [-0.2, -0.15) is 0 Å². The molecular weight excluding hydrogens is 326 g/mol. The van der Waals surface area contributed by atoms with E-state index in [2.05, 4.69) is 15.5 Å². The van der Waals surface area contributed by atoms with Gasteiger partial charge in [0, 0.05) is 24.8 Å². The molecule has 0 aliphatic carbocycles. The van der Waals surface area contributed by atoms with Crippen LogP contribution in [0.1, 0.15) is 0 Å². The Morgan fingerprint density at radius 1 is 1.12 bits per heavy atom. The smallest absolute Gasteiger partial charge is 0.319 e. The molecule has 0 spiro atoms. The van der Waals surface area contributed by atoms with Crippen LogP contribution >= 0.6 is 0 Å². The van der Waals surface area contributed by atoms with E-state index in [0.717, 1.165) is 26.3 Å². The molecule has 0 radical (unpaired) electrons. The van der Waals surface area contributed by atoms with Crippen LogP contribution in [-0.2, 0) is 9.47 Å². The lowest BCUT2D eigenvalue weighted by Crippen LogP contribution is -2.54. The molecule has 0 bridgehead atoms. The summed E-state index contributed by atoms with van der Waals surface area (Å²) in [6, 6.07) is 5.12. The summed E-state index contributed by atoms with van der Waals surface area (Å²) >= 11 is 0. The lowest BCUT2D eigenvalue weighted by molar-refractivity contribution is 0.0113. The molecule has 2 saturated heterocycles. The third-order valence-corrected chi connectivity index (χ3v) is 4.52. The van der Waals surface area contributed by atoms with E-state index in [1.165, 1.54) is 0 Å². The molecule has 2 aliphatic rings. The molecule has 0 saturated carbocycles. The van der Waals surface area contributed by atoms with Crippen LogP contribution < -0.4 is 20.1 Å². The highest BCUT2D eigenvalue weighted by atomic mass is 16.5. The summed E-state index contributed by atoms with van der Waals surface area (Å²) in [5, 5.41) is 5.85. The van der Waals surface area contributed by atoms with E-state index in [4.69, 9.17) is 18.9 Å². The second-order valence-electron chi connectivity index (χ2n) is 6.03. The number of benzene rings is 1. The molecule has 2 N–H and O–H groups in total. The number of rotatable bonds is 5. The Balaban J connectivity index is 1.58. The van der Waals surface area contributed by atoms with Crippen molar-refractivity contribution in [2.45, 2.75) is 12.1 Å². The van der Waals surface area contributed by atoms with Gasteiger partial charge in [0.25, 0.3) is 0 Å². The SMILES string of the molecule is COc1ccc(NC(=O)NC2COCC2N2CCOCC2)cc1OC. The number of nitrogens with one attached hydrogen (secondary N) is 2. The Labute approximate surface area is 147 Å². The van der Waals surface area contributed by atoms with Crippen molar-refractivity contribution < 1.29 is 23.7 Å². The second-order valence-corrected chi connectivity index (χ2v) is 6.03. The first kappa shape index (κ1) is 17.8. The number of methoxy groups -OCH3 is 2. The van der Waals surface area contributed by atoms with E-state index in [9.17, 15) is 4.79 Å². The molecule has 25 heavy (non-hydrogen) atoms. The maximum atomic E-state index is 12.4. The van der Waals surface area contributed by atoms with Crippen molar-refractivity contribution in [1.29, 1.82) is 0 Å². The van der Waals surface area contributed by atoms with E-state index in [1.807, 2.05) is 0 Å². The Kier molecular flexibility index (Phi) is 5.95. The summed E-state index contributed by atoms with van der Waals surface area (Å²) in [6.07, 6.45) is 0. The predicted octanol–water partition coefficient (Wildman–Crippen LogP) is 0.925. The summed E-state index contributed by atoms with van der Waals surface area (Å²) in [5.74, 6) is 1.18. The quantitative estimate of drug-likeness (QED) is 0.821. The zero-order valence-electron chi connectivity index (χ0n) is 14.6. The summed E-state index contributed by atoms with van der Waals surface area (Å²) in [4.78, 5) is 14.7. The maximum absolute atomic E-state index is 12.4. The Bertz CT molecular complexity index is 592. The molecule has 3 rings (SSSR count). The monoisotopic (exact) mass is 351 g/mol. The normalized spacial score (nSPS) is 23.9. The topological polar surface area (TPSA) is 81.3 Å². The van der Waals surface area contributed by atoms with Gasteiger partial charge in [-0.05, 0) is 12.1 Å². The van der Waals surface area contributed by atoms with Crippen LogP contribution in [0.2, 0.25) is 0 Å². The van der Waals surface area contributed by atoms with Crippen molar-refractivity contribution in [3.63, 3.8) is 0 Å². The third kappa shape index (κ3) is 4.33. The largest absolute Gasteiger partial charge is 0.493 e. The zero-order chi connectivity index (χ0) is 17.6. The van der Waals surface area contributed by atoms with Gasteiger partial charge < -0.3 is 29.6 Å². The van der Waals surface area contributed by atoms with Gasteiger partial charge in [-0.25, -0.2) is 4.79 Å². The van der Waals surface area contributed by atoms with E-state index in [1.54, 1.807) is 32.4 Å². The summed E-state index contributed by atoms with van der Waals surface area (Å²) in [7, 11) is 3.13. The van der Waals surface area contributed by atoms with Gasteiger partial charge in [0.15, 0.2) is 11.5 Å². The highest BCUT2D eigenvalue weighted by molar-refractivity contribution is 5.90. The second kappa shape index (κ2) is 8.37. The Hall–Kier alpha value is -2.03. The van der Waals surface area contributed by atoms with Gasteiger partial charge in [0.2, 0.25) is 0 Å². The molecular formula is C17H25N3O5. The molecule has 138 valence electrons. The molecule has 2 atom stereocenters. The molecule has 1 aromatic rings. The average Bonchev–Trinajstić information content (AvgIpc) is 3.10. The number of urea groups is 1. The minimum atomic E-state index is -0.263. The molecule has 2 aliphatic heterocycles. The fraction of sp³-hybridized carbons (Fsp3) is 0.588. The number of morpholine rings is 1. The number of hydrogen-bond donors (Lipinski definition) is 2. The number of nitrogens with zero attached hydrogens (tertiary/aromatic N) is 1. The van der Waals surface area contributed by atoms with Gasteiger partial charge in [0.05, 0.1) is 52.7 Å². The number of carbonyl (C=O) groups excluding carboxylic acids is 1. The number of carbonyl (C=O) groups is 1. The summed E-state index contributed by atoms with van der Waals surface area (Å²) < 4.78 is 21.4. The van der Waals surface area contributed by atoms with Crippen molar-refractivity contribution in [3.05, 3.63) is 18.2 Å². The summed E-state index contributed by atoms with van der Waals surface area (Å²) in [5.41, 5.74) is 0.636. The van der Waals surface area contributed by atoms with E-state index >= 15 is 0 Å². The first-order valence-electron chi connectivity index (χ1n) is 8.40. The molecule has 8 heteroatoms. The fourth-order valence-corrected chi connectivity index (χ4v) is 3.20. The first-order chi connectivity index (χ1) is 12.2. The van der Waals surface area contributed by atoms with Crippen molar-refractivity contribution >= 4 is 11.7 Å².